The van der Waals surface area contributed by atoms with Crippen LogP contribution in [0, 0.1) is 0 Å². The summed E-state index contributed by atoms with van der Waals surface area (Å²) in [5.74, 6) is 0. The average Bonchev–Trinajstić information content (AvgIpc) is 3.43. The van der Waals surface area contributed by atoms with Gasteiger partial charge in [0.15, 0.2) is 0 Å². The van der Waals surface area contributed by atoms with E-state index in [-0.39, 0.29) is 0 Å². The Balaban J connectivity index is 0.981. The van der Waals surface area contributed by atoms with Gasteiger partial charge in [0.25, 0.3) is 0 Å². The predicted octanol–water partition coefficient (Wildman–Crippen LogP) is 18.9. The zero-order valence-electron chi connectivity index (χ0n) is 38.8. The predicted molar refractivity (Wildman–Crippen MR) is 298 cm³/mol. The SMILES string of the molecule is C1=CCCC(N(c2ccc(N(c3ccc(N(c4ccccc4)c4cccc5ccccc45)cc3)c3ccc(N(c4ccccc4)c4cccc5ccccc45)cc3)cc2)c2cccc3ccccc23)=C1. The van der Waals surface area contributed by atoms with Crippen LogP contribution in [0.2, 0.25) is 0 Å². The van der Waals surface area contributed by atoms with Gasteiger partial charge in [-0.2, -0.15) is 0 Å². The second-order valence-electron chi connectivity index (χ2n) is 17.7. The summed E-state index contributed by atoms with van der Waals surface area (Å²) < 4.78 is 0. The fourth-order valence-corrected chi connectivity index (χ4v) is 10.2. The highest BCUT2D eigenvalue weighted by molar-refractivity contribution is 6.01. The van der Waals surface area contributed by atoms with Gasteiger partial charge in [-0.05, 0) is 150 Å². The number of nitrogens with zero attached hydrogens (tertiary/aromatic N) is 4. The maximum Gasteiger partial charge on any atom is 0.0540 e. The topological polar surface area (TPSA) is 13.0 Å². The highest BCUT2D eigenvalue weighted by Gasteiger charge is 2.22. The monoisotopic (exact) mass is 898 g/mol. The maximum atomic E-state index is 2.44. The van der Waals surface area contributed by atoms with E-state index in [2.05, 4.69) is 299 Å². The number of rotatable bonds is 12. The highest BCUT2D eigenvalue weighted by Crippen LogP contribution is 2.45. The number of benzene rings is 11. The van der Waals surface area contributed by atoms with E-state index in [0.29, 0.717) is 0 Å². The Bertz CT molecular complexity index is 3480. The molecule has 11 aromatic rings. The van der Waals surface area contributed by atoms with Crippen molar-refractivity contribution in [3.05, 3.63) is 285 Å². The summed E-state index contributed by atoms with van der Waals surface area (Å²) >= 11 is 0. The van der Waals surface area contributed by atoms with Crippen LogP contribution in [0.4, 0.5) is 62.6 Å². The molecule has 0 spiro atoms. The van der Waals surface area contributed by atoms with Gasteiger partial charge in [0.05, 0.1) is 17.1 Å². The minimum absolute atomic E-state index is 0.962. The molecule has 0 aliphatic heterocycles. The lowest BCUT2D eigenvalue weighted by Crippen LogP contribution is -2.18. The van der Waals surface area contributed by atoms with E-state index in [1.54, 1.807) is 0 Å². The summed E-state index contributed by atoms with van der Waals surface area (Å²) in [5.41, 5.74) is 13.4. The fourth-order valence-electron chi connectivity index (χ4n) is 10.2. The third-order valence-corrected chi connectivity index (χ3v) is 13.4. The number of allylic oxidation sites excluding steroid dienone is 4. The molecule has 0 atom stereocenters. The van der Waals surface area contributed by atoms with Crippen molar-refractivity contribution in [3.8, 4) is 0 Å². The van der Waals surface area contributed by atoms with Crippen LogP contribution in [0.5, 0.6) is 0 Å². The molecule has 0 heterocycles. The first-order valence-electron chi connectivity index (χ1n) is 24.1. The molecule has 12 rings (SSSR count). The Morgan fingerprint density at radius 3 is 0.914 bits per heavy atom. The van der Waals surface area contributed by atoms with Crippen LogP contribution in [0.3, 0.4) is 0 Å². The van der Waals surface area contributed by atoms with Crippen LogP contribution in [0.1, 0.15) is 12.8 Å². The Morgan fingerprint density at radius 2 is 0.543 bits per heavy atom. The molecular formula is C66H50N4. The van der Waals surface area contributed by atoms with Gasteiger partial charge in [0.1, 0.15) is 0 Å². The smallest absolute Gasteiger partial charge is 0.0540 e. The molecule has 70 heavy (non-hydrogen) atoms. The molecule has 0 saturated carbocycles. The normalized spacial score (nSPS) is 12.2. The lowest BCUT2D eigenvalue weighted by molar-refractivity contribution is 0.919. The molecule has 0 amide bonds. The third kappa shape index (κ3) is 8.12. The second-order valence-corrected chi connectivity index (χ2v) is 17.7. The minimum atomic E-state index is 0.962. The molecule has 0 radical (unpaired) electrons. The molecule has 1 aliphatic carbocycles. The largest absolute Gasteiger partial charge is 0.314 e. The summed E-state index contributed by atoms with van der Waals surface area (Å²) in [7, 11) is 0. The standard InChI is InChI=1S/C66H50N4/c1-4-25-52(26-5-1)68(64-34-16-22-49-19-10-13-31-61(49)64)58-43-37-55(38-44-58)67(56-39-45-59(46-40-56)69(53-27-6-2-7-28-53)65-35-17-23-50-20-11-14-32-62(50)65)57-41-47-60(48-42-57)70(54-29-8-3-9-30-54)66-36-18-24-51-21-12-15-33-63(51)66/h1-8,10-29,31-48H,9,30H2. The lowest BCUT2D eigenvalue weighted by atomic mass is 10.0. The summed E-state index contributed by atoms with van der Waals surface area (Å²) in [4.78, 5) is 9.54. The van der Waals surface area contributed by atoms with E-state index in [0.717, 1.165) is 69.7 Å². The van der Waals surface area contributed by atoms with Crippen molar-refractivity contribution in [1.82, 2.24) is 0 Å². The molecule has 0 fully saturated rings. The molecule has 11 aromatic carbocycles. The van der Waals surface area contributed by atoms with Gasteiger partial charge in [-0.25, -0.2) is 0 Å². The van der Waals surface area contributed by atoms with Crippen molar-refractivity contribution in [3.63, 3.8) is 0 Å². The van der Waals surface area contributed by atoms with Gasteiger partial charge in [-0.3, -0.25) is 0 Å². The van der Waals surface area contributed by atoms with Crippen LogP contribution in [-0.2, 0) is 0 Å². The van der Waals surface area contributed by atoms with E-state index in [1.165, 1.54) is 43.7 Å². The zero-order chi connectivity index (χ0) is 46.6. The first-order chi connectivity index (χ1) is 34.7. The lowest BCUT2D eigenvalue weighted by Gasteiger charge is -2.32. The summed E-state index contributed by atoms with van der Waals surface area (Å²) in [5, 5.41) is 7.27. The molecule has 334 valence electrons. The number of fused-ring (bicyclic) bond motifs is 3. The summed E-state index contributed by atoms with van der Waals surface area (Å²) in [6.45, 7) is 0. The highest BCUT2D eigenvalue weighted by atomic mass is 15.2. The number of para-hydroxylation sites is 2. The van der Waals surface area contributed by atoms with Crippen molar-refractivity contribution < 1.29 is 0 Å². The molecule has 0 aromatic heterocycles. The molecular weight excluding hydrogens is 849 g/mol. The first-order valence-corrected chi connectivity index (χ1v) is 24.1. The molecule has 0 saturated heterocycles. The van der Waals surface area contributed by atoms with Crippen molar-refractivity contribution >= 4 is 94.9 Å². The maximum absolute atomic E-state index is 2.44. The Kier molecular flexibility index (Phi) is 11.4. The van der Waals surface area contributed by atoms with Crippen LogP contribution in [0.25, 0.3) is 32.3 Å². The second kappa shape index (κ2) is 18.9. The third-order valence-electron chi connectivity index (χ3n) is 13.4. The Hall–Kier alpha value is -9.12. The Morgan fingerprint density at radius 1 is 0.243 bits per heavy atom. The summed E-state index contributed by atoms with van der Waals surface area (Å²) in [6.07, 6.45) is 8.69. The van der Waals surface area contributed by atoms with Gasteiger partial charge >= 0.3 is 0 Å². The molecule has 4 heteroatoms. The molecule has 1 aliphatic rings. The van der Waals surface area contributed by atoms with E-state index >= 15 is 0 Å². The van der Waals surface area contributed by atoms with Gasteiger partial charge in [-0.1, -0.05) is 158 Å². The molecule has 0 N–H and O–H groups in total. The Labute approximate surface area is 410 Å². The zero-order valence-corrected chi connectivity index (χ0v) is 38.8. The number of anilines is 11. The van der Waals surface area contributed by atoms with Crippen LogP contribution < -0.4 is 19.6 Å². The van der Waals surface area contributed by atoms with Crippen molar-refractivity contribution in [1.29, 1.82) is 0 Å². The average molecular weight is 899 g/mol. The minimum Gasteiger partial charge on any atom is -0.314 e. The summed E-state index contributed by atoms with van der Waals surface area (Å²) in [6, 6.07) is 94.2. The van der Waals surface area contributed by atoms with Crippen LogP contribution in [-0.4, -0.2) is 0 Å². The molecule has 0 unspecified atom stereocenters. The van der Waals surface area contributed by atoms with Gasteiger partial charge in [0.2, 0.25) is 0 Å². The van der Waals surface area contributed by atoms with Crippen LogP contribution in [0.15, 0.2) is 285 Å². The fraction of sp³-hybridized carbons (Fsp3) is 0.0303. The van der Waals surface area contributed by atoms with Crippen molar-refractivity contribution in [2.45, 2.75) is 12.8 Å². The molecule has 4 nitrogen and oxygen atoms in total. The number of hydrogen-bond donors (Lipinski definition) is 0. The van der Waals surface area contributed by atoms with Crippen molar-refractivity contribution in [2.24, 2.45) is 0 Å². The quantitative estimate of drug-likeness (QED) is 0.121. The molecule has 0 bridgehead atoms. The van der Waals surface area contributed by atoms with Gasteiger partial charge < -0.3 is 19.6 Å². The van der Waals surface area contributed by atoms with Crippen molar-refractivity contribution in [2.75, 3.05) is 19.6 Å². The van der Waals surface area contributed by atoms with E-state index in [4.69, 9.17) is 0 Å². The van der Waals surface area contributed by atoms with E-state index < -0.39 is 0 Å². The number of hydrogen-bond acceptors (Lipinski definition) is 4. The van der Waals surface area contributed by atoms with Gasteiger partial charge in [-0.15, -0.1) is 0 Å². The van der Waals surface area contributed by atoms with Gasteiger partial charge in [0, 0.05) is 67.4 Å². The first kappa shape index (κ1) is 42.2. The van der Waals surface area contributed by atoms with E-state index in [1.807, 2.05) is 0 Å². The van der Waals surface area contributed by atoms with E-state index in [9.17, 15) is 0 Å². The van der Waals surface area contributed by atoms with Crippen LogP contribution >= 0.6 is 0 Å².